The predicted molar refractivity (Wildman–Crippen MR) is 143 cm³/mol. The quantitative estimate of drug-likeness (QED) is 0.373. The topological polar surface area (TPSA) is 55.1 Å². The zero-order chi connectivity index (χ0) is 23.8. The molecule has 1 amide bonds. The van der Waals surface area contributed by atoms with Gasteiger partial charge in [-0.2, -0.15) is 0 Å². The second-order valence-corrected chi connectivity index (χ2v) is 10.7. The van der Waals surface area contributed by atoms with E-state index in [9.17, 15) is 4.79 Å². The van der Waals surface area contributed by atoms with Gasteiger partial charge in [-0.05, 0) is 99.8 Å². The van der Waals surface area contributed by atoms with Gasteiger partial charge in [0, 0.05) is 41.1 Å². The van der Waals surface area contributed by atoms with Crippen LogP contribution in [0, 0.1) is 12.8 Å². The number of hydrogen-bond acceptors (Lipinski definition) is 2. The first-order valence-corrected chi connectivity index (χ1v) is 13.3. The monoisotopic (exact) mass is 468 g/mol. The summed E-state index contributed by atoms with van der Waals surface area (Å²) in [7, 11) is 0. The maximum atomic E-state index is 13.2. The molecule has 2 aliphatic heterocycles. The number of H-pyrrole nitrogens is 2. The Morgan fingerprint density at radius 3 is 2.74 bits per heavy atom. The molecule has 0 radical (unpaired) electrons. The Hall–Kier alpha value is -3.05. The van der Waals surface area contributed by atoms with E-state index in [-0.39, 0.29) is 5.91 Å². The van der Waals surface area contributed by atoms with E-state index in [1.54, 1.807) is 0 Å². The minimum atomic E-state index is 0.156. The largest absolute Gasteiger partial charge is 0.361 e. The third-order valence-electron chi connectivity index (χ3n) is 8.32. The van der Waals surface area contributed by atoms with E-state index in [4.69, 9.17) is 0 Å². The van der Waals surface area contributed by atoms with E-state index in [0.29, 0.717) is 11.8 Å². The molecular weight excluding hydrogens is 432 g/mol. The number of likely N-dealkylation sites (tertiary alicyclic amines) is 2. The third-order valence-corrected chi connectivity index (χ3v) is 8.32. The van der Waals surface area contributed by atoms with Gasteiger partial charge in [-0.1, -0.05) is 30.3 Å². The number of carbonyl (C=O) groups is 1. The normalized spacial score (nSPS) is 20.1. The average Bonchev–Trinajstić information content (AvgIpc) is 3.52. The number of aromatic amines is 2. The summed E-state index contributed by atoms with van der Waals surface area (Å²) in [5.41, 5.74) is 5.74. The van der Waals surface area contributed by atoms with E-state index >= 15 is 0 Å². The maximum Gasteiger partial charge on any atom is 0.270 e. The molecule has 0 bridgehead atoms. The molecule has 2 fully saturated rings. The third kappa shape index (κ3) is 4.62. The van der Waals surface area contributed by atoms with Crippen LogP contribution in [0.15, 0.2) is 54.7 Å². The molecule has 2 N–H and O–H groups in total. The Bertz CT molecular complexity index is 1330. The van der Waals surface area contributed by atoms with Crippen molar-refractivity contribution >= 4 is 27.7 Å². The molecule has 2 aromatic carbocycles. The van der Waals surface area contributed by atoms with Crippen LogP contribution in [-0.2, 0) is 0 Å². The molecule has 6 rings (SSSR count). The first kappa shape index (κ1) is 22.4. The Kier molecular flexibility index (Phi) is 6.11. The van der Waals surface area contributed by atoms with E-state index < -0.39 is 0 Å². The van der Waals surface area contributed by atoms with Gasteiger partial charge in [-0.3, -0.25) is 4.79 Å². The van der Waals surface area contributed by atoms with Crippen molar-refractivity contribution in [3.8, 4) is 0 Å². The molecular formula is C30H36N4O. The van der Waals surface area contributed by atoms with Crippen molar-refractivity contribution in [2.45, 2.75) is 44.9 Å². The lowest BCUT2D eigenvalue weighted by Gasteiger charge is -2.36. The lowest BCUT2D eigenvalue weighted by Crippen LogP contribution is -2.41. The number of nitrogens with one attached hydrogen (secondary N) is 2. The summed E-state index contributed by atoms with van der Waals surface area (Å²) in [6.45, 7) is 7.35. The number of fused-ring (bicyclic) bond motifs is 2. The highest BCUT2D eigenvalue weighted by Gasteiger charge is 2.27. The molecule has 5 nitrogen and oxygen atoms in total. The first-order valence-electron chi connectivity index (χ1n) is 13.3. The molecule has 4 aromatic rings. The minimum absolute atomic E-state index is 0.156. The highest BCUT2D eigenvalue weighted by atomic mass is 16.2. The van der Waals surface area contributed by atoms with Gasteiger partial charge in [0.05, 0.1) is 0 Å². The summed E-state index contributed by atoms with van der Waals surface area (Å²) in [5.74, 6) is 1.42. The lowest BCUT2D eigenvalue weighted by atomic mass is 9.88. The molecule has 0 aliphatic carbocycles. The number of nitrogens with zero attached hydrogens (tertiary/aromatic N) is 2. The Morgan fingerprint density at radius 1 is 1.00 bits per heavy atom. The predicted octanol–water partition coefficient (Wildman–Crippen LogP) is 6.08. The minimum Gasteiger partial charge on any atom is -0.361 e. The summed E-state index contributed by atoms with van der Waals surface area (Å²) in [5, 5.41) is 2.51. The molecule has 0 unspecified atom stereocenters. The van der Waals surface area contributed by atoms with Gasteiger partial charge in [-0.15, -0.1) is 0 Å². The number of para-hydroxylation sites is 1. The van der Waals surface area contributed by atoms with Crippen molar-refractivity contribution in [1.82, 2.24) is 19.8 Å². The number of hydrogen-bond donors (Lipinski definition) is 2. The van der Waals surface area contributed by atoms with E-state index in [1.807, 2.05) is 6.07 Å². The molecule has 5 heteroatoms. The summed E-state index contributed by atoms with van der Waals surface area (Å²) < 4.78 is 0. The van der Waals surface area contributed by atoms with Gasteiger partial charge in [0.1, 0.15) is 5.69 Å². The number of amides is 1. The first-order chi connectivity index (χ1) is 17.1. The number of aromatic nitrogens is 2. The molecule has 2 aliphatic rings. The van der Waals surface area contributed by atoms with Crippen molar-refractivity contribution in [3.63, 3.8) is 0 Å². The van der Waals surface area contributed by atoms with E-state index in [1.165, 1.54) is 60.8 Å². The van der Waals surface area contributed by atoms with Gasteiger partial charge in [-0.25, -0.2) is 0 Å². The smallest absolute Gasteiger partial charge is 0.270 e. The zero-order valence-corrected chi connectivity index (χ0v) is 20.7. The second-order valence-electron chi connectivity index (χ2n) is 10.7. The fourth-order valence-corrected chi connectivity index (χ4v) is 6.28. The Morgan fingerprint density at radius 2 is 1.86 bits per heavy atom. The van der Waals surface area contributed by atoms with Crippen molar-refractivity contribution in [2.75, 3.05) is 32.7 Å². The van der Waals surface area contributed by atoms with Crippen LogP contribution >= 0.6 is 0 Å². The number of carbonyl (C=O) groups excluding carboxylic acids is 1. The van der Waals surface area contributed by atoms with E-state index in [0.717, 1.165) is 42.7 Å². The maximum absolute atomic E-state index is 13.2. The van der Waals surface area contributed by atoms with Gasteiger partial charge < -0.3 is 19.8 Å². The van der Waals surface area contributed by atoms with Crippen molar-refractivity contribution < 1.29 is 4.79 Å². The number of aryl methyl sites for hydroxylation is 1. The van der Waals surface area contributed by atoms with E-state index in [2.05, 4.69) is 75.4 Å². The number of piperidine rings is 2. The van der Waals surface area contributed by atoms with Crippen LogP contribution in [0.25, 0.3) is 21.8 Å². The SMILES string of the molecule is Cc1ccc2cc(C(=O)N3CCC[C@@H](CCN4CCC(c5c[nH]c6ccccc56)CC4)C3)[nH]c2c1. The van der Waals surface area contributed by atoms with Crippen LogP contribution in [0.2, 0.25) is 0 Å². The molecule has 1 atom stereocenters. The van der Waals surface area contributed by atoms with Gasteiger partial charge in [0.25, 0.3) is 5.91 Å². The fraction of sp³-hybridized carbons (Fsp3) is 0.433. The number of rotatable bonds is 5. The average molecular weight is 469 g/mol. The summed E-state index contributed by atoms with van der Waals surface area (Å²) in [6.07, 6.45) is 8.23. The molecule has 182 valence electrons. The Labute approximate surface area is 207 Å². The molecule has 4 heterocycles. The van der Waals surface area contributed by atoms with Crippen LogP contribution in [0.3, 0.4) is 0 Å². The molecule has 0 saturated carbocycles. The fourth-order valence-electron chi connectivity index (χ4n) is 6.28. The Balaban J connectivity index is 1.01. The molecule has 2 aromatic heterocycles. The highest BCUT2D eigenvalue weighted by molar-refractivity contribution is 5.98. The summed E-state index contributed by atoms with van der Waals surface area (Å²) in [4.78, 5) is 24.8. The van der Waals surface area contributed by atoms with Crippen molar-refractivity contribution in [2.24, 2.45) is 5.92 Å². The van der Waals surface area contributed by atoms with Crippen molar-refractivity contribution in [1.29, 1.82) is 0 Å². The molecule has 0 spiro atoms. The van der Waals surface area contributed by atoms with Crippen molar-refractivity contribution in [3.05, 3.63) is 71.5 Å². The van der Waals surface area contributed by atoms with Crippen LogP contribution in [0.4, 0.5) is 0 Å². The highest BCUT2D eigenvalue weighted by Crippen LogP contribution is 2.33. The lowest BCUT2D eigenvalue weighted by molar-refractivity contribution is 0.0651. The second kappa shape index (κ2) is 9.54. The number of benzene rings is 2. The summed E-state index contributed by atoms with van der Waals surface area (Å²) in [6, 6.07) is 17.0. The standard InChI is InChI=1S/C30H36N4O/c1-21-8-9-24-18-29(32-28(24)17-21)30(35)34-13-4-5-22(20-34)10-14-33-15-11-23(12-16-33)26-19-31-27-7-3-2-6-25(26)27/h2-3,6-9,17-19,22-23,31-32H,4-5,10-16,20H2,1H3/t22-/m0/s1. The molecule has 35 heavy (non-hydrogen) atoms. The zero-order valence-electron chi connectivity index (χ0n) is 20.7. The van der Waals surface area contributed by atoms with Crippen LogP contribution in [0.1, 0.15) is 59.6 Å². The van der Waals surface area contributed by atoms with Gasteiger partial charge in [0.2, 0.25) is 0 Å². The van der Waals surface area contributed by atoms with Crippen LogP contribution < -0.4 is 0 Å². The van der Waals surface area contributed by atoms with Crippen LogP contribution in [0.5, 0.6) is 0 Å². The van der Waals surface area contributed by atoms with Gasteiger partial charge in [0.15, 0.2) is 0 Å². The van der Waals surface area contributed by atoms with Gasteiger partial charge >= 0.3 is 0 Å². The summed E-state index contributed by atoms with van der Waals surface area (Å²) >= 11 is 0. The molecule has 2 saturated heterocycles. The van der Waals surface area contributed by atoms with Crippen LogP contribution in [-0.4, -0.2) is 58.4 Å².